The van der Waals surface area contributed by atoms with Crippen LogP contribution in [0.25, 0.3) is 0 Å². The summed E-state index contributed by atoms with van der Waals surface area (Å²) in [5.74, 6) is -1.47. The number of methoxy groups -OCH3 is 1. The van der Waals surface area contributed by atoms with E-state index < -0.39 is 23.0 Å². The van der Waals surface area contributed by atoms with Crippen molar-refractivity contribution >= 4 is 23.3 Å². The molecule has 0 unspecified atom stereocenters. The third kappa shape index (κ3) is 5.36. The predicted molar refractivity (Wildman–Crippen MR) is 125 cm³/mol. The highest BCUT2D eigenvalue weighted by atomic mass is 19.1. The Hall–Kier alpha value is -3.47. The molecule has 0 aliphatic carbocycles. The normalized spacial score (nSPS) is 14.3. The number of amides is 2. The molecule has 184 valence electrons. The van der Waals surface area contributed by atoms with E-state index in [1.807, 2.05) is 6.92 Å². The number of nitrogens with one attached hydrogen (secondary N) is 1. The molecule has 0 atom stereocenters. The van der Waals surface area contributed by atoms with Gasteiger partial charge in [-0.15, -0.1) is 0 Å². The summed E-state index contributed by atoms with van der Waals surface area (Å²) >= 11 is 0. The Balaban J connectivity index is 1.80. The highest BCUT2D eigenvalue weighted by Crippen LogP contribution is 2.25. The standard InChI is InChI=1S/C23H30FN5O5/c1-3-10-29-19(25)18(20(30)26-23(29)33)28(13-14-34-2)22(32)16-8-11-27(12-9-16)21(31)15-4-6-17(24)7-5-15/h4-7,16H,3,8-14,25H2,1-2H3,(H,26,30,33). The summed E-state index contributed by atoms with van der Waals surface area (Å²) in [6.45, 7) is 3.09. The molecule has 2 heterocycles. The minimum atomic E-state index is -0.733. The number of hydrogen-bond donors (Lipinski definition) is 2. The molecule has 0 bridgehead atoms. The first-order chi connectivity index (χ1) is 16.3. The molecule has 1 aromatic heterocycles. The quantitative estimate of drug-likeness (QED) is 0.590. The van der Waals surface area contributed by atoms with Crippen LogP contribution >= 0.6 is 0 Å². The highest BCUT2D eigenvalue weighted by molar-refractivity contribution is 5.98. The van der Waals surface area contributed by atoms with Crippen LogP contribution in [-0.4, -0.2) is 59.6 Å². The summed E-state index contributed by atoms with van der Waals surface area (Å²) in [5.41, 5.74) is 5.13. The van der Waals surface area contributed by atoms with Crippen LogP contribution in [0.15, 0.2) is 33.9 Å². The number of nitrogens with zero attached hydrogens (tertiary/aromatic N) is 3. The molecular weight excluding hydrogens is 445 g/mol. The van der Waals surface area contributed by atoms with Crippen molar-refractivity contribution in [2.75, 3.05) is 44.0 Å². The minimum Gasteiger partial charge on any atom is -0.383 e. The number of nitrogens with two attached hydrogens (primary N) is 1. The Morgan fingerprint density at radius 2 is 1.85 bits per heavy atom. The molecule has 11 heteroatoms. The van der Waals surface area contributed by atoms with Gasteiger partial charge in [0.15, 0.2) is 5.69 Å². The van der Waals surface area contributed by atoms with E-state index in [-0.39, 0.29) is 36.5 Å². The number of carbonyl (C=O) groups is 2. The summed E-state index contributed by atoms with van der Waals surface area (Å²) in [5, 5.41) is 0. The second-order valence-corrected chi connectivity index (χ2v) is 8.20. The number of hydrogen-bond acceptors (Lipinski definition) is 6. The van der Waals surface area contributed by atoms with Crippen molar-refractivity contribution in [3.63, 3.8) is 0 Å². The largest absolute Gasteiger partial charge is 0.383 e. The molecule has 3 rings (SSSR count). The maximum absolute atomic E-state index is 13.5. The van der Waals surface area contributed by atoms with Crippen LogP contribution in [0.1, 0.15) is 36.5 Å². The van der Waals surface area contributed by atoms with Crippen LogP contribution < -0.4 is 21.9 Å². The molecule has 1 aliphatic rings. The van der Waals surface area contributed by atoms with Crippen molar-refractivity contribution in [1.82, 2.24) is 14.5 Å². The lowest BCUT2D eigenvalue weighted by molar-refractivity contribution is -0.123. The van der Waals surface area contributed by atoms with Gasteiger partial charge >= 0.3 is 5.69 Å². The third-order valence-corrected chi connectivity index (χ3v) is 5.94. The Morgan fingerprint density at radius 1 is 1.21 bits per heavy atom. The van der Waals surface area contributed by atoms with Crippen molar-refractivity contribution in [3.8, 4) is 0 Å². The Labute approximate surface area is 196 Å². The number of carbonyl (C=O) groups excluding carboxylic acids is 2. The Bertz CT molecular complexity index is 1140. The van der Waals surface area contributed by atoms with Crippen molar-refractivity contribution in [1.29, 1.82) is 0 Å². The molecule has 0 radical (unpaired) electrons. The molecule has 0 saturated carbocycles. The molecule has 1 aliphatic heterocycles. The van der Waals surface area contributed by atoms with Gasteiger partial charge in [0.05, 0.1) is 6.61 Å². The van der Waals surface area contributed by atoms with Crippen LogP contribution in [0.4, 0.5) is 15.9 Å². The number of H-pyrrole nitrogens is 1. The Kier molecular flexibility index (Phi) is 8.21. The molecular formula is C23H30FN5O5. The summed E-state index contributed by atoms with van der Waals surface area (Å²) < 4.78 is 19.5. The molecule has 1 aromatic carbocycles. The Morgan fingerprint density at radius 3 is 2.44 bits per heavy atom. The zero-order valence-electron chi connectivity index (χ0n) is 19.4. The third-order valence-electron chi connectivity index (χ3n) is 5.94. The van der Waals surface area contributed by atoms with Gasteiger partial charge in [-0.05, 0) is 43.5 Å². The van der Waals surface area contributed by atoms with E-state index in [1.54, 1.807) is 4.90 Å². The molecule has 2 amide bonds. The van der Waals surface area contributed by atoms with Crippen LogP contribution in [0.2, 0.25) is 0 Å². The predicted octanol–water partition coefficient (Wildman–Crippen LogP) is 1.20. The average Bonchev–Trinajstić information content (AvgIpc) is 2.83. The number of aromatic amines is 1. The molecule has 1 fully saturated rings. The number of piperidine rings is 1. The zero-order chi connectivity index (χ0) is 24.8. The van der Waals surface area contributed by atoms with Gasteiger partial charge < -0.3 is 20.3 Å². The van der Waals surface area contributed by atoms with E-state index in [2.05, 4.69) is 4.98 Å². The number of benzene rings is 1. The van der Waals surface area contributed by atoms with Crippen molar-refractivity contribution in [3.05, 3.63) is 56.5 Å². The van der Waals surface area contributed by atoms with E-state index >= 15 is 0 Å². The summed E-state index contributed by atoms with van der Waals surface area (Å²) in [4.78, 5) is 56.2. The van der Waals surface area contributed by atoms with Gasteiger partial charge in [-0.25, -0.2) is 9.18 Å². The fraction of sp³-hybridized carbons (Fsp3) is 0.478. The van der Waals surface area contributed by atoms with Crippen LogP contribution in [-0.2, 0) is 16.1 Å². The lowest BCUT2D eigenvalue weighted by Crippen LogP contribution is -2.48. The topological polar surface area (TPSA) is 131 Å². The van der Waals surface area contributed by atoms with Crippen molar-refractivity contribution < 1.29 is 18.7 Å². The van der Waals surface area contributed by atoms with E-state index in [0.29, 0.717) is 44.5 Å². The number of ether oxygens (including phenoxy) is 1. The van der Waals surface area contributed by atoms with Crippen LogP contribution in [0.5, 0.6) is 0 Å². The second kappa shape index (κ2) is 11.1. The number of aromatic nitrogens is 2. The van der Waals surface area contributed by atoms with Crippen LogP contribution in [0.3, 0.4) is 0 Å². The number of nitrogen functional groups attached to an aromatic ring is 1. The first-order valence-electron chi connectivity index (χ1n) is 11.3. The molecule has 10 nitrogen and oxygen atoms in total. The number of halogens is 1. The number of likely N-dealkylation sites (tertiary alicyclic amines) is 1. The minimum absolute atomic E-state index is 0.0658. The maximum Gasteiger partial charge on any atom is 0.330 e. The van der Waals surface area contributed by atoms with Crippen LogP contribution in [0, 0.1) is 11.7 Å². The molecule has 3 N–H and O–H groups in total. The van der Waals surface area contributed by atoms with E-state index in [0.717, 1.165) is 0 Å². The van der Waals surface area contributed by atoms with Crippen molar-refractivity contribution in [2.45, 2.75) is 32.7 Å². The maximum atomic E-state index is 13.5. The average molecular weight is 476 g/mol. The lowest BCUT2D eigenvalue weighted by atomic mass is 9.94. The number of anilines is 2. The number of rotatable bonds is 8. The fourth-order valence-corrected chi connectivity index (χ4v) is 4.12. The second-order valence-electron chi connectivity index (χ2n) is 8.20. The lowest BCUT2D eigenvalue weighted by Gasteiger charge is -2.34. The van der Waals surface area contributed by atoms with E-state index in [4.69, 9.17) is 10.5 Å². The monoisotopic (exact) mass is 475 g/mol. The molecule has 2 aromatic rings. The molecule has 1 saturated heterocycles. The smallest absolute Gasteiger partial charge is 0.330 e. The summed E-state index contributed by atoms with van der Waals surface area (Å²) in [7, 11) is 1.48. The first kappa shape index (κ1) is 25.2. The fourth-order valence-electron chi connectivity index (χ4n) is 4.12. The summed E-state index contributed by atoms with van der Waals surface area (Å²) in [6, 6.07) is 5.33. The van der Waals surface area contributed by atoms with Gasteiger partial charge in [-0.1, -0.05) is 6.92 Å². The van der Waals surface area contributed by atoms with Gasteiger partial charge in [0, 0.05) is 44.8 Å². The van der Waals surface area contributed by atoms with E-state index in [9.17, 15) is 23.6 Å². The van der Waals surface area contributed by atoms with Gasteiger partial charge in [-0.2, -0.15) is 0 Å². The first-order valence-corrected chi connectivity index (χ1v) is 11.3. The SMILES string of the molecule is CCCn1c(N)c(N(CCOC)C(=O)C2CCN(C(=O)c3ccc(F)cc3)CC2)c(=O)[nH]c1=O. The summed E-state index contributed by atoms with van der Waals surface area (Å²) in [6.07, 6.45) is 1.39. The highest BCUT2D eigenvalue weighted by Gasteiger charge is 2.33. The molecule has 0 spiro atoms. The molecule has 34 heavy (non-hydrogen) atoms. The van der Waals surface area contributed by atoms with E-state index in [1.165, 1.54) is 40.8 Å². The van der Waals surface area contributed by atoms with Crippen molar-refractivity contribution in [2.24, 2.45) is 5.92 Å². The van der Waals surface area contributed by atoms with Gasteiger partial charge in [0.2, 0.25) is 5.91 Å². The van der Waals surface area contributed by atoms with Gasteiger partial charge in [0.1, 0.15) is 11.6 Å². The zero-order valence-corrected chi connectivity index (χ0v) is 19.4. The van der Waals surface area contributed by atoms with Gasteiger partial charge in [-0.3, -0.25) is 23.9 Å². The van der Waals surface area contributed by atoms with Gasteiger partial charge in [0.25, 0.3) is 11.5 Å².